The summed E-state index contributed by atoms with van der Waals surface area (Å²) in [5.41, 5.74) is 2.23. The van der Waals surface area contributed by atoms with Crippen LogP contribution in [0.1, 0.15) is 40.2 Å². The van der Waals surface area contributed by atoms with Gasteiger partial charge in [0.1, 0.15) is 5.75 Å². The van der Waals surface area contributed by atoms with Crippen LogP contribution < -0.4 is 9.88 Å². The molecule has 0 saturated carbocycles. The third-order valence-corrected chi connectivity index (χ3v) is 7.96. The average Bonchev–Trinajstić information content (AvgIpc) is 2.94. The second kappa shape index (κ2) is 14.2. The fourth-order valence-electron chi connectivity index (χ4n) is 4.86. The van der Waals surface area contributed by atoms with E-state index in [9.17, 15) is 21.6 Å². The van der Waals surface area contributed by atoms with E-state index in [4.69, 9.17) is 21.5 Å². The van der Waals surface area contributed by atoms with E-state index in [-0.39, 0.29) is 23.2 Å². The van der Waals surface area contributed by atoms with E-state index in [1.807, 2.05) is 60.7 Å². The van der Waals surface area contributed by atoms with Crippen LogP contribution in [0.4, 0.5) is 13.2 Å². The van der Waals surface area contributed by atoms with Gasteiger partial charge in [-0.15, -0.1) is 0 Å². The van der Waals surface area contributed by atoms with Crippen molar-refractivity contribution in [3.8, 4) is 5.75 Å². The van der Waals surface area contributed by atoms with E-state index < -0.39 is 21.8 Å². The minimum atomic E-state index is -4.56. The standard InChI is InChI=1S/C32H32ClF3N2O3S/c33-31-27(15-8-17-30(31)32(34,35)36)21-38(18-9-19-41-28-16-7-10-24(20-28)23-42(37,39)40)22-29(25-11-3-1-4-12-25)26-13-5-2-6-14-26/h1-8,10-17,20,29H,9,18-19,21-23H2,(H2,37,39,40). The van der Waals surface area contributed by atoms with Crippen LogP contribution in [0.3, 0.4) is 0 Å². The number of alkyl halides is 3. The number of rotatable bonds is 13. The Kier molecular flexibility index (Phi) is 10.7. The van der Waals surface area contributed by atoms with Crippen molar-refractivity contribution in [2.45, 2.75) is 30.8 Å². The van der Waals surface area contributed by atoms with Gasteiger partial charge in [-0.2, -0.15) is 13.2 Å². The SMILES string of the molecule is NS(=O)(=O)Cc1cccc(OCCCN(Cc2cccc(C(F)(F)F)c2Cl)CC(c2ccccc2)c2ccccc2)c1. The number of halogens is 4. The van der Waals surface area contributed by atoms with Crippen molar-refractivity contribution >= 4 is 21.6 Å². The summed E-state index contributed by atoms with van der Waals surface area (Å²) >= 11 is 6.29. The maximum absolute atomic E-state index is 13.6. The molecule has 0 heterocycles. The summed E-state index contributed by atoms with van der Waals surface area (Å²) in [6.45, 7) is 1.57. The number of nitrogens with two attached hydrogens (primary N) is 1. The molecule has 0 spiro atoms. The van der Waals surface area contributed by atoms with Gasteiger partial charge in [0.15, 0.2) is 0 Å². The fourth-order valence-corrected chi connectivity index (χ4v) is 5.80. The van der Waals surface area contributed by atoms with E-state index in [0.717, 1.165) is 17.2 Å². The maximum atomic E-state index is 13.6. The van der Waals surface area contributed by atoms with Crippen LogP contribution >= 0.6 is 11.6 Å². The lowest BCUT2D eigenvalue weighted by atomic mass is 9.90. The van der Waals surface area contributed by atoms with Crippen LogP contribution in [-0.4, -0.2) is 33.0 Å². The van der Waals surface area contributed by atoms with Crippen molar-refractivity contribution < 1.29 is 26.3 Å². The van der Waals surface area contributed by atoms with Crippen molar-refractivity contribution in [1.82, 2.24) is 4.90 Å². The minimum Gasteiger partial charge on any atom is -0.494 e. The highest BCUT2D eigenvalue weighted by atomic mass is 35.5. The molecule has 0 aromatic heterocycles. The smallest absolute Gasteiger partial charge is 0.417 e. The predicted molar refractivity (Wildman–Crippen MR) is 160 cm³/mol. The second-order valence-corrected chi connectivity index (χ2v) is 12.0. The molecule has 0 radical (unpaired) electrons. The molecule has 0 fully saturated rings. The van der Waals surface area contributed by atoms with Crippen LogP contribution in [0.15, 0.2) is 103 Å². The molecule has 4 aromatic rings. The lowest BCUT2D eigenvalue weighted by Gasteiger charge is -2.29. The summed E-state index contributed by atoms with van der Waals surface area (Å²) in [6.07, 6.45) is -3.99. The van der Waals surface area contributed by atoms with E-state index in [0.29, 0.717) is 43.0 Å². The Morgan fingerprint density at radius 2 is 1.48 bits per heavy atom. The number of primary sulfonamides is 1. The van der Waals surface area contributed by atoms with Gasteiger partial charge in [0, 0.05) is 25.6 Å². The monoisotopic (exact) mass is 616 g/mol. The molecule has 4 rings (SSSR count). The Hall–Kier alpha value is -3.37. The molecule has 0 unspecified atom stereocenters. The fraction of sp³-hybridized carbons (Fsp3) is 0.250. The molecule has 0 aliphatic heterocycles. The molecule has 0 amide bonds. The van der Waals surface area contributed by atoms with Gasteiger partial charge < -0.3 is 4.74 Å². The van der Waals surface area contributed by atoms with Crippen LogP contribution in [-0.2, 0) is 28.5 Å². The first-order chi connectivity index (χ1) is 20.0. The van der Waals surface area contributed by atoms with Gasteiger partial charge in [0.05, 0.1) is 22.9 Å². The molecular formula is C32H32ClF3N2O3S. The Labute approximate surface area is 249 Å². The molecule has 4 aromatic carbocycles. The first kappa shape index (κ1) is 31.6. The van der Waals surface area contributed by atoms with Crippen molar-refractivity contribution in [2.75, 3.05) is 19.7 Å². The third kappa shape index (κ3) is 9.32. The van der Waals surface area contributed by atoms with Gasteiger partial charge in [0.2, 0.25) is 10.0 Å². The summed E-state index contributed by atoms with van der Waals surface area (Å²) in [5.74, 6) is 0.179. The van der Waals surface area contributed by atoms with Crippen LogP contribution in [0.5, 0.6) is 5.75 Å². The van der Waals surface area contributed by atoms with Gasteiger partial charge in [-0.05, 0) is 46.9 Å². The lowest BCUT2D eigenvalue weighted by molar-refractivity contribution is -0.137. The van der Waals surface area contributed by atoms with Gasteiger partial charge in [0.25, 0.3) is 0 Å². The highest BCUT2D eigenvalue weighted by Gasteiger charge is 2.34. The van der Waals surface area contributed by atoms with Gasteiger partial charge >= 0.3 is 6.18 Å². The summed E-state index contributed by atoms with van der Waals surface area (Å²) < 4.78 is 69.6. The Balaban J connectivity index is 1.54. The van der Waals surface area contributed by atoms with Gasteiger partial charge in [-0.1, -0.05) is 96.5 Å². The van der Waals surface area contributed by atoms with Crippen LogP contribution in [0.25, 0.3) is 0 Å². The van der Waals surface area contributed by atoms with E-state index in [2.05, 4.69) is 4.90 Å². The number of hydrogen-bond acceptors (Lipinski definition) is 4. The predicted octanol–water partition coefficient (Wildman–Crippen LogP) is 7.25. The van der Waals surface area contributed by atoms with Crippen molar-refractivity contribution in [3.63, 3.8) is 0 Å². The summed E-state index contributed by atoms with van der Waals surface area (Å²) in [7, 11) is -3.68. The lowest BCUT2D eigenvalue weighted by Crippen LogP contribution is -2.31. The number of benzene rings is 4. The highest BCUT2D eigenvalue weighted by Crippen LogP contribution is 2.37. The quantitative estimate of drug-likeness (QED) is 0.161. The molecule has 0 aliphatic carbocycles. The minimum absolute atomic E-state index is 0.0345. The Morgan fingerprint density at radius 3 is 2.07 bits per heavy atom. The van der Waals surface area contributed by atoms with E-state index in [1.54, 1.807) is 30.3 Å². The molecule has 2 N–H and O–H groups in total. The van der Waals surface area contributed by atoms with Crippen LogP contribution in [0.2, 0.25) is 5.02 Å². The van der Waals surface area contributed by atoms with E-state index >= 15 is 0 Å². The number of ether oxygens (including phenoxy) is 1. The van der Waals surface area contributed by atoms with E-state index in [1.165, 1.54) is 6.07 Å². The summed E-state index contributed by atoms with van der Waals surface area (Å²) in [4.78, 5) is 2.09. The normalized spacial score (nSPS) is 12.2. The topological polar surface area (TPSA) is 72.6 Å². The molecule has 0 bridgehead atoms. The van der Waals surface area contributed by atoms with Crippen molar-refractivity contribution in [2.24, 2.45) is 5.14 Å². The molecule has 5 nitrogen and oxygen atoms in total. The summed E-state index contributed by atoms with van der Waals surface area (Å²) in [5, 5.41) is 4.86. The van der Waals surface area contributed by atoms with Crippen LogP contribution in [0, 0.1) is 0 Å². The average molecular weight is 617 g/mol. The highest BCUT2D eigenvalue weighted by molar-refractivity contribution is 7.88. The molecule has 42 heavy (non-hydrogen) atoms. The zero-order valence-electron chi connectivity index (χ0n) is 22.8. The molecule has 0 atom stereocenters. The van der Waals surface area contributed by atoms with Crippen molar-refractivity contribution in [3.05, 3.63) is 136 Å². The summed E-state index contributed by atoms with van der Waals surface area (Å²) in [6, 6.07) is 30.7. The zero-order chi connectivity index (χ0) is 30.2. The number of sulfonamides is 1. The largest absolute Gasteiger partial charge is 0.494 e. The van der Waals surface area contributed by atoms with Gasteiger partial charge in [-0.3, -0.25) is 4.90 Å². The van der Waals surface area contributed by atoms with Crippen molar-refractivity contribution in [1.29, 1.82) is 0 Å². The Morgan fingerprint density at radius 1 is 0.857 bits per heavy atom. The maximum Gasteiger partial charge on any atom is 0.417 e. The molecule has 222 valence electrons. The molecule has 0 aliphatic rings. The molecular weight excluding hydrogens is 585 g/mol. The first-order valence-electron chi connectivity index (χ1n) is 13.4. The zero-order valence-corrected chi connectivity index (χ0v) is 24.4. The number of hydrogen-bond donors (Lipinski definition) is 1. The van der Waals surface area contributed by atoms with Gasteiger partial charge in [-0.25, -0.2) is 13.6 Å². The first-order valence-corrected chi connectivity index (χ1v) is 15.5. The molecule has 10 heteroatoms. The number of nitrogens with zero attached hydrogens (tertiary/aromatic N) is 1. The molecule has 0 saturated heterocycles. The Bertz CT molecular complexity index is 1510. The second-order valence-electron chi connectivity index (χ2n) is 10.0. The third-order valence-electron chi connectivity index (χ3n) is 6.78.